The van der Waals surface area contributed by atoms with E-state index in [1.165, 1.54) is 0 Å². The SMILES string of the molecule is COc1ccc(C(C)NC(=O)COc2ccc(Cl)cc2C)c(OC)c1. The van der Waals surface area contributed by atoms with Crippen molar-refractivity contribution >= 4 is 17.5 Å². The average Bonchev–Trinajstić information content (AvgIpc) is 2.60. The molecule has 5 nitrogen and oxygen atoms in total. The third-order valence-corrected chi connectivity index (χ3v) is 4.02. The fourth-order valence-corrected chi connectivity index (χ4v) is 2.68. The molecule has 0 saturated heterocycles. The number of aryl methyl sites for hydroxylation is 1. The molecule has 0 aliphatic carbocycles. The third kappa shape index (κ3) is 5.03. The van der Waals surface area contributed by atoms with Gasteiger partial charge in [0.15, 0.2) is 6.61 Å². The Balaban J connectivity index is 1.98. The van der Waals surface area contributed by atoms with Gasteiger partial charge in [-0.05, 0) is 49.7 Å². The van der Waals surface area contributed by atoms with Crippen LogP contribution in [0.1, 0.15) is 24.1 Å². The molecule has 0 bridgehead atoms. The van der Waals surface area contributed by atoms with E-state index in [0.29, 0.717) is 22.3 Å². The van der Waals surface area contributed by atoms with Crippen LogP contribution in [-0.2, 0) is 4.79 Å². The summed E-state index contributed by atoms with van der Waals surface area (Å²) in [7, 11) is 3.18. The summed E-state index contributed by atoms with van der Waals surface area (Å²) >= 11 is 5.91. The van der Waals surface area contributed by atoms with Crippen molar-refractivity contribution in [3.8, 4) is 17.2 Å². The first-order valence-electron chi connectivity index (χ1n) is 7.84. The number of hydrogen-bond donors (Lipinski definition) is 1. The fraction of sp³-hybridized carbons (Fsp3) is 0.316. The van der Waals surface area contributed by atoms with Crippen LogP contribution in [0.3, 0.4) is 0 Å². The minimum atomic E-state index is -0.233. The zero-order chi connectivity index (χ0) is 18.4. The van der Waals surface area contributed by atoms with Gasteiger partial charge in [0.1, 0.15) is 17.2 Å². The smallest absolute Gasteiger partial charge is 0.258 e. The summed E-state index contributed by atoms with van der Waals surface area (Å²) in [4.78, 5) is 12.2. The summed E-state index contributed by atoms with van der Waals surface area (Å²) in [5.41, 5.74) is 1.74. The standard InChI is InChI=1S/C19H22ClNO4/c1-12-9-14(20)5-8-17(12)25-11-19(22)21-13(2)16-7-6-15(23-3)10-18(16)24-4/h5-10,13H,11H2,1-4H3,(H,21,22). The number of hydrogen-bond acceptors (Lipinski definition) is 4. The quantitative estimate of drug-likeness (QED) is 0.810. The number of ether oxygens (including phenoxy) is 3. The van der Waals surface area contributed by atoms with Gasteiger partial charge in [0.05, 0.1) is 20.3 Å². The molecule has 0 radical (unpaired) electrons. The normalized spacial score (nSPS) is 11.6. The van der Waals surface area contributed by atoms with Crippen LogP contribution >= 0.6 is 11.6 Å². The van der Waals surface area contributed by atoms with Crippen LogP contribution in [0.25, 0.3) is 0 Å². The molecule has 1 N–H and O–H groups in total. The van der Waals surface area contributed by atoms with Crippen molar-refractivity contribution in [2.45, 2.75) is 19.9 Å². The maximum atomic E-state index is 12.2. The topological polar surface area (TPSA) is 56.8 Å². The molecule has 0 aliphatic rings. The van der Waals surface area contributed by atoms with Gasteiger partial charge in [-0.1, -0.05) is 11.6 Å². The molecule has 1 unspecified atom stereocenters. The molecule has 134 valence electrons. The number of rotatable bonds is 7. The van der Waals surface area contributed by atoms with Gasteiger partial charge in [0.25, 0.3) is 5.91 Å². The van der Waals surface area contributed by atoms with Crippen molar-refractivity contribution in [1.82, 2.24) is 5.32 Å². The number of benzene rings is 2. The zero-order valence-electron chi connectivity index (χ0n) is 14.8. The maximum Gasteiger partial charge on any atom is 0.258 e. The highest BCUT2D eigenvalue weighted by Crippen LogP contribution is 2.29. The Labute approximate surface area is 152 Å². The first-order chi connectivity index (χ1) is 11.9. The van der Waals surface area contributed by atoms with Gasteiger partial charge in [-0.3, -0.25) is 4.79 Å². The lowest BCUT2D eigenvalue weighted by molar-refractivity contribution is -0.123. The molecule has 25 heavy (non-hydrogen) atoms. The number of methoxy groups -OCH3 is 2. The van der Waals surface area contributed by atoms with Gasteiger partial charge >= 0.3 is 0 Å². The van der Waals surface area contributed by atoms with Crippen LogP contribution in [0.5, 0.6) is 17.2 Å². The molecule has 1 atom stereocenters. The summed E-state index contributed by atoms with van der Waals surface area (Å²) in [5.74, 6) is 1.76. The molecule has 2 rings (SSSR count). The minimum Gasteiger partial charge on any atom is -0.497 e. The van der Waals surface area contributed by atoms with E-state index in [2.05, 4.69) is 5.32 Å². The highest BCUT2D eigenvalue weighted by atomic mass is 35.5. The number of nitrogens with one attached hydrogen (secondary N) is 1. The van der Waals surface area contributed by atoms with Gasteiger partial charge in [-0.25, -0.2) is 0 Å². The van der Waals surface area contributed by atoms with E-state index in [0.717, 1.165) is 11.1 Å². The Kier molecular flexibility index (Phi) is 6.53. The van der Waals surface area contributed by atoms with Crippen molar-refractivity contribution in [2.75, 3.05) is 20.8 Å². The van der Waals surface area contributed by atoms with E-state index >= 15 is 0 Å². The summed E-state index contributed by atoms with van der Waals surface area (Å²) in [6.07, 6.45) is 0. The summed E-state index contributed by atoms with van der Waals surface area (Å²) < 4.78 is 16.1. The molecule has 2 aromatic carbocycles. The van der Waals surface area contributed by atoms with E-state index in [-0.39, 0.29) is 18.6 Å². The summed E-state index contributed by atoms with van der Waals surface area (Å²) in [6, 6.07) is 10.5. The average molecular weight is 364 g/mol. The Bertz CT molecular complexity index is 748. The van der Waals surface area contributed by atoms with Crippen molar-refractivity contribution in [1.29, 1.82) is 0 Å². The number of amides is 1. The zero-order valence-corrected chi connectivity index (χ0v) is 15.5. The monoisotopic (exact) mass is 363 g/mol. The summed E-state index contributed by atoms with van der Waals surface area (Å²) in [5, 5.41) is 3.53. The lowest BCUT2D eigenvalue weighted by Gasteiger charge is -2.18. The Morgan fingerprint density at radius 2 is 1.88 bits per heavy atom. The lowest BCUT2D eigenvalue weighted by atomic mass is 10.1. The predicted octanol–water partition coefficient (Wildman–Crippen LogP) is 3.92. The molecule has 0 aliphatic heterocycles. The lowest BCUT2D eigenvalue weighted by Crippen LogP contribution is -2.31. The number of carbonyl (C=O) groups is 1. The van der Waals surface area contributed by atoms with Crippen molar-refractivity contribution in [2.24, 2.45) is 0 Å². The van der Waals surface area contributed by atoms with Crippen molar-refractivity contribution < 1.29 is 19.0 Å². The van der Waals surface area contributed by atoms with Crippen LogP contribution < -0.4 is 19.5 Å². The van der Waals surface area contributed by atoms with Crippen molar-refractivity contribution in [3.05, 3.63) is 52.5 Å². The second kappa shape index (κ2) is 8.62. The second-order valence-electron chi connectivity index (χ2n) is 5.60. The van der Waals surface area contributed by atoms with Gasteiger partial charge in [0.2, 0.25) is 0 Å². The number of halogens is 1. The molecule has 0 aromatic heterocycles. The molecular weight excluding hydrogens is 342 g/mol. The Morgan fingerprint density at radius 1 is 1.12 bits per heavy atom. The molecule has 0 heterocycles. The Morgan fingerprint density at radius 3 is 2.52 bits per heavy atom. The molecule has 0 fully saturated rings. The van der Waals surface area contributed by atoms with Crippen LogP contribution in [0.4, 0.5) is 0 Å². The third-order valence-electron chi connectivity index (χ3n) is 3.78. The van der Waals surface area contributed by atoms with Gasteiger partial charge in [0, 0.05) is 16.7 Å². The van der Waals surface area contributed by atoms with Gasteiger partial charge < -0.3 is 19.5 Å². The van der Waals surface area contributed by atoms with Crippen LogP contribution in [0, 0.1) is 6.92 Å². The number of carbonyl (C=O) groups excluding carboxylic acids is 1. The highest BCUT2D eigenvalue weighted by Gasteiger charge is 2.15. The molecule has 0 saturated carbocycles. The van der Waals surface area contributed by atoms with Crippen LogP contribution in [0.2, 0.25) is 5.02 Å². The van der Waals surface area contributed by atoms with E-state index in [9.17, 15) is 4.79 Å². The molecular formula is C19H22ClNO4. The van der Waals surface area contributed by atoms with Gasteiger partial charge in [-0.2, -0.15) is 0 Å². The van der Waals surface area contributed by atoms with Crippen LogP contribution in [-0.4, -0.2) is 26.7 Å². The first kappa shape index (κ1) is 18.9. The minimum absolute atomic E-state index is 0.0781. The van der Waals surface area contributed by atoms with Gasteiger partial charge in [-0.15, -0.1) is 0 Å². The Hall–Kier alpha value is -2.40. The van der Waals surface area contributed by atoms with E-state index < -0.39 is 0 Å². The predicted molar refractivity (Wildman–Crippen MR) is 97.8 cm³/mol. The van der Waals surface area contributed by atoms with E-state index in [4.69, 9.17) is 25.8 Å². The van der Waals surface area contributed by atoms with Crippen LogP contribution in [0.15, 0.2) is 36.4 Å². The first-order valence-corrected chi connectivity index (χ1v) is 8.22. The molecule has 6 heteroatoms. The largest absolute Gasteiger partial charge is 0.497 e. The van der Waals surface area contributed by atoms with Crippen molar-refractivity contribution in [3.63, 3.8) is 0 Å². The van der Waals surface area contributed by atoms with E-state index in [1.807, 2.05) is 26.0 Å². The summed E-state index contributed by atoms with van der Waals surface area (Å²) in [6.45, 7) is 3.69. The van der Waals surface area contributed by atoms with E-state index in [1.54, 1.807) is 38.5 Å². The highest BCUT2D eigenvalue weighted by molar-refractivity contribution is 6.30. The molecule has 0 spiro atoms. The fourth-order valence-electron chi connectivity index (χ4n) is 2.46. The maximum absolute atomic E-state index is 12.2. The molecule has 1 amide bonds. The molecule has 2 aromatic rings. The second-order valence-corrected chi connectivity index (χ2v) is 6.03.